The van der Waals surface area contributed by atoms with Gasteiger partial charge in [0.05, 0.1) is 10.6 Å². The van der Waals surface area contributed by atoms with Crippen LogP contribution in [0.5, 0.6) is 0 Å². The molecule has 0 spiro atoms. The summed E-state index contributed by atoms with van der Waals surface area (Å²) in [7, 11) is 0. The molecule has 1 aromatic heterocycles. The molecule has 4 heteroatoms. The molecule has 0 fully saturated rings. The molecule has 0 aliphatic carbocycles. The summed E-state index contributed by atoms with van der Waals surface area (Å²) >= 11 is 6.11. The van der Waals surface area contributed by atoms with Gasteiger partial charge in [0, 0.05) is 16.6 Å². The number of halogens is 1. The number of aromatic carboxylic acids is 1. The molecule has 0 saturated carbocycles. The maximum absolute atomic E-state index is 11.0. The summed E-state index contributed by atoms with van der Waals surface area (Å²) in [5.74, 6) is -0.995. The molecule has 0 saturated heterocycles. The van der Waals surface area contributed by atoms with Crippen LogP contribution in [0.1, 0.15) is 28.5 Å². The molecule has 0 unspecified atom stereocenters. The molecular weight excluding hydrogens is 226 g/mol. The van der Waals surface area contributed by atoms with Gasteiger partial charge in [-0.05, 0) is 31.0 Å². The summed E-state index contributed by atoms with van der Waals surface area (Å²) in [5.41, 5.74) is 3.17. The van der Waals surface area contributed by atoms with Gasteiger partial charge in [0.2, 0.25) is 0 Å². The fraction of sp³-hybridized carbons (Fsp3) is 0.250. The number of H-pyrrole nitrogens is 1. The number of aromatic nitrogens is 1. The highest BCUT2D eigenvalue weighted by molar-refractivity contribution is 6.38. The first-order valence-electron chi connectivity index (χ1n) is 5.09. The van der Waals surface area contributed by atoms with Crippen LogP contribution in [0.25, 0.3) is 10.9 Å². The zero-order valence-electron chi connectivity index (χ0n) is 9.10. The standard InChI is InChI=1S/C12H12ClNO2/c1-3-8-6(2)10-9(14-8)5-4-7(11(10)13)12(15)16/h4-5,14H,3H2,1-2H3,(H,15,16). The second kappa shape index (κ2) is 3.83. The van der Waals surface area contributed by atoms with Gasteiger partial charge >= 0.3 is 5.97 Å². The van der Waals surface area contributed by atoms with Crippen molar-refractivity contribution in [3.05, 3.63) is 34.0 Å². The monoisotopic (exact) mass is 237 g/mol. The minimum atomic E-state index is -0.995. The molecule has 2 N–H and O–H groups in total. The van der Waals surface area contributed by atoms with Gasteiger partial charge in [-0.1, -0.05) is 18.5 Å². The van der Waals surface area contributed by atoms with Crippen molar-refractivity contribution >= 4 is 28.5 Å². The lowest BCUT2D eigenvalue weighted by Crippen LogP contribution is -1.97. The number of nitrogens with one attached hydrogen (secondary N) is 1. The van der Waals surface area contributed by atoms with E-state index in [0.29, 0.717) is 5.02 Å². The molecule has 1 heterocycles. The molecule has 1 aromatic carbocycles. The van der Waals surface area contributed by atoms with Crippen molar-refractivity contribution in [1.29, 1.82) is 0 Å². The highest BCUT2D eigenvalue weighted by Crippen LogP contribution is 2.31. The number of fused-ring (bicyclic) bond motifs is 1. The van der Waals surface area contributed by atoms with Crippen LogP contribution in [0.15, 0.2) is 12.1 Å². The van der Waals surface area contributed by atoms with E-state index in [4.69, 9.17) is 16.7 Å². The molecule has 0 aliphatic rings. The van der Waals surface area contributed by atoms with Gasteiger partial charge in [0.1, 0.15) is 0 Å². The van der Waals surface area contributed by atoms with Gasteiger partial charge in [-0.15, -0.1) is 0 Å². The van der Waals surface area contributed by atoms with Crippen LogP contribution in [0.4, 0.5) is 0 Å². The highest BCUT2D eigenvalue weighted by Gasteiger charge is 2.15. The van der Waals surface area contributed by atoms with Gasteiger partial charge in [0.25, 0.3) is 0 Å². The lowest BCUT2D eigenvalue weighted by molar-refractivity contribution is 0.0697. The van der Waals surface area contributed by atoms with E-state index in [9.17, 15) is 4.79 Å². The Balaban J connectivity index is 2.82. The summed E-state index contributed by atoms with van der Waals surface area (Å²) in [4.78, 5) is 14.2. The normalized spacial score (nSPS) is 10.9. The molecule has 2 aromatic rings. The van der Waals surface area contributed by atoms with Crippen LogP contribution >= 0.6 is 11.6 Å². The summed E-state index contributed by atoms with van der Waals surface area (Å²) in [6.07, 6.45) is 0.874. The number of carbonyl (C=O) groups is 1. The summed E-state index contributed by atoms with van der Waals surface area (Å²) in [6, 6.07) is 3.29. The fourth-order valence-electron chi connectivity index (χ4n) is 1.97. The number of carboxylic acid groups (broad SMARTS) is 1. The molecule has 0 atom stereocenters. The lowest BCUT2D eigenvalue weighted by atomic mass is 10.1. The van der Waals surface area contributed by atoms with E-state index in [-0.39, 0.29) is 5.56 Å². The molecule has 0 aliphatic heterocycles. The molecule has 3 nitrogen and oxygen atoms in total. The third-order valence-corrected chi connectivity index (χ3v) is 3.23. The molecule has 0 bridgehead atoms. The number of carboxylic acids is 1. The first-order valence-corrected chi connectivity index (χ1v) is 5.47. The van der Waals surface area contributed by atoms with E-state index in [1.807, 2.05) is 13.8 Å². The number of hydrogen-bond acceptors (Lipinski definition) is 1. The number of hydrogen-bond donors (Lipinski definition) is 2. The topological polar surface area (TPSA) is 53.1 Å². The summed E-state index contributed by atoms with van der Waals surface area (Å²) < 4.78 is 0. The lowest BCUT2D eigenvalue weighted by Gasteiger charge is -2.01. The van der Waals surface area contributed by atoms with E-state index >= 15 is 0 Å². The quantitative estimate of drug-likeness (QED) is 0.841. The van der Waals surface area contributed by atoms with Crippen LogP contribution in [0.3, 0.4) is 0 Å². The molecule has 0 amide bonds. The number of benzene rings is 1. The Kier molecular flexibility index (Phi) is 2.64. The van der Waals surface area contributed by atoms with E-state index in [1.54, 1.807) is 6.07 Å². The smallest absolute Gasteiger partial charge is 0.337 e. The van der Waals surface area contributed by atoms with E-state index in [2.05, 4.69) is 4.98 Å². The maximum Gasteiger partial charge on any atom is 0.337 e. The SMILES string of the molecule is CCc1[nH]c2ccc(C(=O)O)c(Cl)c2c1C. The molecule has 84 valence electrons. The minimum absolute atomic E-state index is 0.152. The van der Waals surface area contributed by atoms with Crippen molar-refractivity contribution in [3.8, 4) is 0 Å². The average Bonchev–Trinajstić information content (AvgIpc) is 2.56. The maximum atomic E-state index is 11.0. The van der Waals surface area contributed by atoms with Gasteiger partial charge < -0.3 is 10.1 Å². The van der Waals surface area contributed by atoms with Crippen molar-refractivity contribution in [3.63, 3.8) is 0 Å². The Morgan fingerprint density at radius 1 is 1.50 bits per heavy atom. The van der Waals surface area contributed by atoms with Gasteiger partial charge in [-0.3, -0.25) is 0 Å². The molecule has 16 heavy (non-hydrogen) atoms. The third kappa shape index (κ3) is 1.48. The Bertz CT molecular complexity index is 572. The van der Waals surface area contributed by atoms with E-state index in [0.717, 1.165) is 28.6 Å². The predicted octanol–water partition coefficient (Wildman–Crippen LogP) is 3.39. The number of aromatic amines is 1. The van der Waals surface area contributed by atoms with E-state index < -0.39 is 5.97 Å². The highest BCUT2D eigenvalue weighted by atomic mass is 35.5. The second-order valence-corrected chi connectivity index (χ2v) is 4.11. The Hall–Kier alpha value is -1.48. The number of aryl methyl sites for hydroxylation is 2. The van der Waals surface area contributed by atoms with Crippen LogP contribution in [-0.2, 0) is 6.42 Å². The van der Waals surface area contributed by atoms with Crippen LogP contribution in [-0.4, -0.2) is 16.1 Å². The van der Waals surface area contributed by atoms with Gasteiger partial charge in [-0.25, -0.2) is 4.79 Å². The Morgan fingerprint density at radius 3 is 2.75 bits per heavy atom. The van der Waals surface area contributed by atoms with E-state index in [1.165, 1.54) is 6.07 Å². The third-order valence-electron chi connectivity index (χ3n) is 2.84. The molecular formula is C12H12ClNO2. The van der Waals surface area contributed by atoms with Crippen molar-refractivity contribution in [2.45, 2.75) is 20.3 Å². The van der Waals surface area contributed by atoms with Crippen molar-refractivity contribution < 1.29 is 9.90 Å². The summed E-state index contributed by atoms with van der Waals surface area (Å²) in [6.45, 7) is 4.00. The molecule has 0 radical (unpaired) electrons. The van der Waals surface area contributed by atoms with Crippen LogP contribution < -0.4 is 0 Å². The number of rotatable bonds is 2. The Labute approximate surface area is 98.0 Å². The fourth-order valence-corrected chi connectivity index (χ4v) is 2.36. The summed E-state index contributed by atoms with van der Waals surface area (Å²) in [5, 5.41) is 10.1. The minimum Gasteiger partial charge on any atom is -0.478 e. The Morgan fingerprint density at radius 2 is 2.19 bits per heavy atom. The van der Waals surface area contributed by atoms with Crippen LogP contribution in [0.2, 0.25) is 5.02 Å². The van der Waals surface area contributed by atoms with Crippen molar-refractivity contribution in [2.75, 3.05) is 0 Å². The molecule has 2 rings (SSSR count). The van der Waals surface area contributed by atoms with Crippen molar-refractivity contribution in [2.24, 2.45) is 0 Å². The van der Waals surface area contributed by atoms with Crippen molar-refractivity contribution in [1.82, 2.24) is 4.98 Å². The van der Waals surface area contributed by atoms with Gasteiger partial charge in [-0.2, -0.15) is 0 Å². The zero-order chi connectivity index (χ0) is 11.9. The predicted molar refractivity (Wildman–Crippen MR) is 64.4 cm³/mol. The average molecular weight is 238 g/mol. The first-order chi connectivity index (χ1) is 7.56. The second-order valence-electron chi connectivity index (χ2n) is 3.74. The van der Waals surface area contributed by atoms with Crippen LogP contribution in [0, 0.1) is 6.92 Å². The van der Waals surface area contributed by atoms with Gasteiger partial charge in [0.15, 0.2) is 0 Å². The first kappa shape index (κ1) is 11.0. The zero-order valence-corrected chi connectivity index (χ0v) is 9.85. The largest absolute Gasteiger partial charge is 0.478 e.